The van der Waals surface area contributed by atoms with Gasteiger partial charge in [0, 0.05) is 19.1 Å². The third-order valence-corrected chi connectivity index (χ3v) is 7.22. The summed E-state index contributed by atoms with van der Waals surface area (Å²) in [5.74, 6) is 0.784. The van der Waals surface area contributed by atoms with E-state index in [9.17, 15) is 8.42 Å². The molecule has 0 aromatic heterocycles. The lowest BCUT2D eigenvalue weighted by molar-refractivity contribution is 0.426. The minimum Gasteiger partial charge on any atom is -0.327 e. The highest BCUT2D eigenvalue weighted by atomic mass is 32.2. The molecule has 1 heterocycles. The van der Waals surface area contributed by atoms with Gasteiger partial charge in [-0.25, -0.2) is 8.42 Å². The Labute approximate surface area is 127 Å². The molecule has 3 atom stereocenters. The van der Waals surface area contributed by atoms with Crippen molar-refractivity contribution in [3.8, 4) is 0 Å². The first-order chi connectivity index (χ1) is 9.80. The maximum absolute atomic E-state index is 13.0. The second kappa shape index (κ2) is 5.07. The van der Waals surface area contributed by atoms with Gasteiger partial charge >= 0.3 is 0 Å². The third-order valence-electron chi connectivity index (χ3n) is 5.08. The van der Waals surface area contributed by atoms with Crippen LogP contribution < -0.4 is 5.73 Å². The van der Waals surface area contributed by atoms with Crippen molar-refractivity contribution < 1.29 is 8.42 Å². The average Bonchev–Trinajstić information content (AvgIpc) is 2.90. The van der Waals surface area contributed by atoms with Crippen molar-refractivity contribution in [1.82, 2.24) is 4.31 Å². The number of sulfonamides is 1. The molecule has 0 spiro atoms. The Kier molecular flexibility index (Phi) is 3.62. The lowest BCUT2D eigenvalue weighted by Crippen LogP contribution is -2.34. The minimum absolute atomic E-state index is 0.162. The normalized spacial score (nSPS) is 29.8. The highest BCUT2D eigenvalue weighted by Crippen LogP contribution is 2.40. The predicted octanol–water partition coefficient (Wildman–Crippen LogP) is 1.97. The average molecular weight is 308 g/mol. The molecule has 1 saturated heterocycles. The first-order valence-electron chi connectivity index (χ1n) is 7.64. The maximum Gasteiger partial charge on any atom is 0.243 e. The van der Waals surface area contributed by atoms with Crippen LogP contribution >= 0.6 is 0 Å². The highest BCUT2D eigenvalue weighted by Gasteiger charge is 2.45. The van der Waals surface area contributed by atoms with Gasteiger partial charge in [-0.05, 0) is 56.6 Å². The first kappa shape index (κ1) is 15.0. The van der Waals surface area contributed by atoms with Crippen molar-refractivity contribution >= 4 is 10.0 Å². The monoisotopic (exact) mass is 308 g/mol. The van der Waals surface area contributed by atoms with E-state index >= 15 is 0 Å². The molecule has 1 aliphatic heterocycles. The van der Waals surface area contributed by atoms with Crippen LogP contribution in [0.3, 0.4) is 0 Å². The number of aryl methyl sites for hydroxylation is 3. The molecule has 0 amide bonds. The van der Waals surface area contributed by atoms with Crippen LogP contribution in [0.4, 0.5) is 0 Å². The molecule has 21 heavy (non-hydrogen) atoms. The summed E-state index contributed by atoms with van der Waals surface area (Å²) in [6.45, 7) is 6.98. The molecule has 5 heteroatoms. The number of nitrogens with zero attached hydrogens (tertiary/aromatic N) is 1. The second-order valence-electron chi connectivity index (χ2n) is 6.72. The third kappa shape index (κ3) is 2.41. The molecule has 4 nitrogen and oxygen atoms in total. The van der Waals surface area contributed by atoms with Crippen LogP contribution in [-0.4, -0.2) is 31.9 Å². The van der Waals surface area contributed by atoms with E-state index in [1.165, 1.54) is 0 Å². The summed E-state index contributed by atoms with van der Waals surface area (Å²) in [5.41, 5.74) is 8.91. The van der Waals surface area contributed by atoms with E-state index in [1.54, 1.807) is 4.31 Å². The van der Waals surface area contributed by atoms with Crippen molar-refractivity contribution in [2.45, 2.75) is 44.6 Å². The molecule has 1 aliphatic carbocycles. The standard InChI is InChI=1S/C16H24N2O2S/c1-10-6-11(2)16(12(3)7-10)21(19,20)18-8-13-4-5-15(17)14(13)9-18/h6-7,13-15H,4-5,8-9,17H2,1-3H3. The molecule has 2 aliphatic rings. The molecular weight excluding hydrogens is 284 g/mol. The molecule has 3 rings (SSSR count). The zero-order valence-electron chi connectivity index (χ0n) is 13.0. The fourth-order valence-electron chi connectivity index (χ4n) is 4.17. The lowest BCUT2D eigenvalue weighted by Gasteiger charge is -2.21. The molecule has 2 N–H and O–H groups in total. The van der Waals surface area contributed by atoms with Crippen LogP contribution in [0.25, 0.3) is 0 Å². The molecule has 116 valence electrons. The summed E-state index contributed by atoms with van der Waals surface area (Å²) in [6.07, 6.45) is 2.09. The summed E-state index contributed by atoms with van der Waals surface area (Å²) in [4.78, 5) is 0.488. The van der Waals surface area contributed by atoms with Crippen molar-refractivity contribution in [3.63, 3.8) is 0 Å². The molecule has 1 aromatic rings. The Morgan fingerprint density at radius 3 is 2.29 bits per heavy atom. The van der Waals surface area contributed by atoms with Crippen LogP contribution in [0.15, 0.2) is 17.0 Å². The fraction of sp³-hybridized carbons (Fsp3) is 0.625. The number of fused-ring (bicyclic) bond motifs is 1. The van der Waals surface area contributed by atoms with Crippen LogP contribution in [0, 0.1) is 32.6 Å². The summed E-state index contributed by atoms with van der Waals surface area (Å²) in [7, 11) is -3.40. The molecule has 0 bridgehead atoms. The Bertz CT molecular complexity index is 646. The maximum atomic E-state index is 13.0. The van der Waals surface area contributed by atoms with E-state index in [0.717, 1.165) is 29.5 Å². The van der Waals surface area contributed by atoms with Gasteiger partial charge in [-0.15, -0.1) is 0 Å². The van der Waals surface area contributed by atoms with Gasteiger partial charge in [-0.1, -0.05) is 17.7 Å². The van der Waals surface area contributed by atoms with Gasteiger partial charge in [0.05, 0.1) is 4.90 Å². The Morgan fingerprint density at radius 1 is 1.10 bits per heavy atom. The van der Waals surface area contributed by atoms with Crippen molar-refractivity contribution in [2.24, 2.45) is 17.6 Å². The Hall–Kier alpha value is -0.910. The van der Waals surface area contributed by atoms with Crippen LogP contribution in [0.2, 0.25) is 0 Å². The number of hydrogen-bond acceptors (Lipinski definition) is 3. The summed E-state index contributed by atoms with van der Waals surface area (Å²) in [5, 5.41) is 0. The first-order valence-corrected chi connectivity index (χ1v) is 9.08. The van der Waals surface area contributed by atoms with Crippen LogP contribution in [-0.2, 0) is 10.0 Å². The van der Waals surface area contributed by atoms with E-state index in [2.05, 4.69) is 0 Å². The Balaban J connectivity index is 1.96. The smallest absolute Gasteiger partial charge is 0.243 e. The number of hydrogen-bond donors (Lipinski definition) is 1. The fourth-order valence-corrected chi connectivity index (χ4v) is 6.11. The largest absolute Gasteiger partial charge is 0.327 e. The molecule has 3 unspecified atom stereocenters. The van der Waals surface area contributed by atoms with Crippen LogP contribution in [0.1, 0.15) is 29.5 Å². The SMILES string of the molecule is Cc1cc(C)c(S(=O)(=O)N2CC3CCC(N)C3C2)c(C)c1. The summed E-state index contributed by atoms with van der Waals surface area (Å²) < 4.78 is 27.7. The minimum atomic E-state index is -3.40. The second-order valence-corrected chi connectivity index (χ2v) is 8.59. The van der Waals surface area contributed by atoms with Crippen LogP contribution in [0.5, 0.6) is 0 Å². The van der Waals surface area contributed by atoms with Gasteiger partial charge in [0.2, 0.25) is 10.0 Å². The number of rotatable bonds is 2. The van der Waals surface area contributed by atoms with Gasteiger partial charge in [-0.3, -0.25) is 0 Å². The van der Waals surface area contributed by atoms with E-state index in [-0.39, 0.29) is 6.04 Å². The Morgan fingerprint density at radius 2 is 1.71 bits per heavy atom. The van der Waals surface area contributed by atoms with Gasteiger partial charge in [0.15, 0.2) is 0 Å². The van der Waals surface area contributed by atoms with Gasteiger partial charge in [0.25, 0.3) is 0 Å². The number of nitrogens with two attached hydrogens (primary N) is 1. The molecule has 0 radical (unpaired) electrons. The topological polar surface area (TPSA) is 63.4 Å². The summed E-state index contributed by atoms with van der Waals surface area (Å²) >= 11 is 0. The lowest BCUT2D eigenvalue weighted by atomic mass is 9.98. The van der Waals surface area contributed by atoms with E-state index in [0.29, 0.717) is 29.8 Å². The van der Waals surface area contributed by atoms with E-state index in [4.69, 9.17) is 5.73 Å². The molecule has 1 aromatic carbocycles. The van der Waals surface area contributed by atoms with E-state index < -0.39 is 10.0 Å². The quantitative estimate of drug-likeness (QED) is 0.908. The molecule has 1 saturated carbocycles. The van der Waals surface area contributed by atoms with Gasteiger partial charge in [-0.2, -0.15) is 4.31 Å². The van der Waals surface area contributed by atoms with Crippen molar-refractivity contribution in [3.05, 3.63) is 28.8 Å². The van der Waals surface area contributed by atoms with Gasteiger partial charge in [0.1, 0.15) is 0 Å². The predicted molar refractivity (Wildman–Crippen MR) is 83.6 cm³/mol. The summed E-state index contributed by atoms with van der Waals surface area (Å²) in [6, 6.07) is 4.06. The molecular formula is C16H24N2O2S. The highest BCUT2D eigenvalue weighted by molar-refractivity contribution is 7.89. The zero-order chi connectivity index (χ0) is 15.4. The zero-order valence-corrected chi connectivity index (χ0v) is 13.8. The van der Waals surface area contributed by atoms with E-state index in [1.807, 2.05) is 32.9 Å². The van der Waals surface area contributed by atoms with Gasteiger partial charge < -0.3 is 5.73 Å². The number of benzene rings is 1. The van der Waals surface area contributed by atoms with Crippen molar-refractivity contribution in [1.29, 1.82) is 0 Å². The molecule has 2 fully saturated rings. The van der Waals surface area contributed by atoms with Crippen molar-refractivity contribution in [2.75, 3.05) is 13.1 Å².